The summed E-state index contributed by atoms with van der Waals surface area (Å²) < 4.78 is 0. The molecule has 0 rings (SSSR count). The highest BCUT2D eigenvalue weighted by Crippen LogP contribution is 2.20. The van der Waals surface area contributed by atoms with Gasteiger partial charge in [0.15, 0.2) is 11.7 Å². The molecule has 0 saturated carbocycles. The molecule has 21 heavy (non-hydrogen) atoms. The van der Waals surface area contributed by atoms with Gasteiger partial charge in [0.05, 0.1) is 12.1 Å². The average molecular weight is 298 g/mol. The first-order chi connectivity index (χ1) is 9.81. The van der Waals surface area contributed by atoms with Gasteiger partial charge < -0.3 is 17.2 Å². The first-order valence-electron chi connectivity index (χ1n) is 8.19. The van der Waals surface area contributed by atoms with Gasteiger partial charge in [-0.05, 0) is 38.5 Å². The fourth-order valence-corrected chi connectivity index (χ4v) is 2.84. The van der Waals surface area contributed by atoms with Crippen molar-refractivity contribution in [2.24, 2.45) is 34.0 Å². The van der Waals surface area contributed by atoms with E-state index >= 15 is 0 Å². The van der Waals surface area contributed by atoms with Crippen molar-refractivity contribution >= 4 is 11.7 Å². The zero-order chi connectivity index (χ0) is 16.4. The predicted molar refractivity (Wildman–Crippen MR) is 90.0 cm³/mol. The van der Waals surface area contributed by atoms with Crippen molar-refractivity contribution in [3.8, 4) is 0 Å². The van der Waals surface area contributed by atoms with Crippen LogP contribution in [0.4, 0.5) is 0 Å². The Morgan fingerprint density at radius 3 is 2.24 bits per heavy atom. The third kappa shape index (κ3) is 8.71. The summed E-state index contributed by atoms with van der Waals surface area (Å²) in [5, 5.41) is 0. The van der Waals surface area contributed by atoms with Crippen LogP contribution < -0.4 is 17.2 Å². The topological polar surface area (TPSA) is 107 Å². The van der Waals surface area contributed by atoms with Crippen molar-refractivity contribution in [2.75, 3.05) is 0 Å². The van der Waals surface area contributed by atoms with Crippen molar-refractivity contribution < 1.29 is 4.79 Å². The maximum atomic E-state index is 12.4. The van der Waals surface area contributed by atoms with Crippen molar-refractivity contribution in [1.29, 1.82) is 0 Å². The molecule has 0 aromatic carbocycles. The predicted octanol–water partition coefficient (Wildman–Crippen LogP) is 2.18. The van der Waals surface area contributed by atoms with E-state index in [-0.39, 0.29) is 29.7 Å². The molecule has 0 aliphatic rings. The summed E-state index contributed by atoms with van der Waals surface area (Å²) in [5.41, 5.74) is 16.9. The fourth-order valence-electron chi connectivity index (χ4n) is 2.84. The van der Waals surface area contributed by atoms with Gasteiger partial charge in [-0.3, -0.25) is 9.79 Å². The van der Waals surface area contributed by atoms with Gasteiger partial charge in [0.1, 0.15) is 0 Å². The number of hydrogen-bond donors (Lipinski definition) is 3. The molecular formula is C16H34N4O. The zero-order valence-corrected chi connectivity index (χ0v) is 14.1. The van der Waals surface area contributed by atoms with Crippen LogP contribution in [0, 0.1) is 11.8 Å². The molecule has 5 nitrogen and oxygen atoms in total. The van der Waals surface area contributed by atoms with Crippen LogP contribution in [0.3, 0.4) is 0 Å². The van der Waals surface area contributed by atoms with Crippen molar-refractivity contribution in [1.82, 2.24) is 0 Å². The Balaban J connectivity index is 4.35. The number of nitrogens with two attached hydrogens (primary N) is 3. The minimum absolute atomic E-state index is 0.0642. The molecule has 0 radical (unpaired) electrons. The van der Waals surface area contributed by atoms with E-state index in [0.717, 1.165) is 32.1 Å². The Bertz CT molecular complexity index is 326. The molecule has 0 aromatic rings. The second-order valence-electron chi connectivity index (χ2n) is 6.24. The molecule has 0 aromatic heterocycles. The summed E-state index contributed by atoms with van der Waals surface area (Å²) in [7, 11) is 0. The number of carbonyl (C=O) groups excluding carboxylic acids is 1. The fraction of sp³-hybridized carbons (Fsp3) is 0.875. The molecule has 0 aliphatic carbocycles. The standard InChI is InChI=1S/C16H34N4O/c1-5-7-8-13(6-2)15(21)14(17)10-11(3)9-12(4)20-16(18)19/h11-14H,5-10,17H2,1-4H3,(H4,18,19,20). The molecule has 5 heteroatoms. The molecule has 4 atom stereocenters. The summed E-state index contributed by atoms with van der Waals surface area (Å²) in [5.74, 6) is 0.765. The van der Waals surface area contributed by atoms with Crippen LogP contribution in [-0.4, -0.2) is 23.8 Å². The Hall–Kier alpha value is -1.10. The van der Waals surface area contributed by atoms with Crippen LogP contribution in [0.1, 0.15) is 66.2 Å². The molecule has 0 aliphatic heterocycles. The highest BCUT2D eigenvalue weighted by atomic mass is 16.1. The summed E-state index contributed by atoms with van der Waals surface area (Å²) in [4.78, 5) is 16.5. The minimum Gasteiger partial charge on any atom is -0.370 e. The van der Waals surface area contributed by atoms with Crippen LogP contribution in [-0.2, 0) is 4.79 Å². The number of rotatable bonds is 11. The summed E-state index contributed by atoms with van der Waals surface area (Å²) in [6, 6.07) is -0.303. The van der Waals surface area contributed by atoms with Gasteiger partial charge in [0.25, 0.3) is 0 Å². The van der Waals surface area contributed by atoms with Crippen LogP contribution in [0.5, 0.6) is 0 Å². The van der Waals surface area contributed by atoms with Gasteiger partial charge in [-0.25, -0.2) is 0 Å². The SMILES string of the molecule is CCCCC(CC)C(=O)C(N)CC(C)CC(C)N=C(N)N. The quantitative estimate of drug-likeness (QED) is 0.401. The Morgan fingerprint density at radius 1 is 1.14 bits per heavy atom. The van der Waals surface area contributed by atoms with Crippen molar-refractivity contribution in [3.05, 3.63) is 0 Å². The van der Waals surface area contributed by atoms with Crippen molar-refractivity contribution in [2.45, 2.75) is 78.3 Å². The number of hydrogen-bond acceptors (Lipinski definition) is 3. The lowest BCUT2D eigenvalue weighted by atomic mass is 9.86. The minimum atomic E-state index is -0.367. The van der Waals surface area contributed by atoms with E-state index in [0.29, 0.717) is 12.3 Å². The second-order valence-corrected chi connectivity index (χ2v) is 6.24. The molecule has 0 heterocycles. The van der Waals surface area contributed by atoms with Crippen molar-refractivity contribution in [3.63, 3.8) is 0 Å². The van der Waals surface area contributed by atoms with Gasteiger partial charge in [0, 0.05) is 5.92 Å². The molecule has 0 fully saturated rings. The average Bonchev–Trinajstić information content (AvgIpc) is 2.37. The van der Waals surface area contributed by atoms with Gasteiger partial charge in [-0.1, -0.05) is 33.6 Å². The molecule has 0 spiro atoms. The number of nitrogens with zero attached hydrogens (tertiary/aromatic N) is 1. The number of ketones is 1. The lowest BCUT2D eigenvalue weighted by molar-refractivity contribution is -0.124. The highest BCUT2D eigenvalue weighted by Gasteiger charge is 2.24. The Morgan fingerprint density at radius 2 is 1.76 bits per heavy atom. The van der Waals surface area contributed by atoms with Crippen LogP contribution >= 0.6 is 0 Å². The molecular weight excluding hydrogens is 264 g/mol. The second kappa shape index (κ2) is 10.6. The van der Waals surface area contributed by atoms with Crippen LogP contribution in [0.25, 0.3) is 0 Å². The third-order valence-corrected chi connectivity index (χ3v) is 3.94. The smallest absolute Gasteiger partial charge is 0.186 e. The first-order valence-corrected chi connectivity index (χ1v) is 8.19. The first kappa shape index (κ1) is 19.9. The van der Waals surface area contributed by atoms with E-state index in [1.54, 1.807) is 0 Å². The molecule has 124 valence electrons. The van der Waals surface area contributed by atoms with Gasteiger partial charge in [-0.2, -0.15) is 0 Å². The van der Waals surface area contributed by atoms with E-state index in [9.17, 15) is 4.79 Å². The molecule has 0 saturated heterocycles. The highest BCUT2D eigenvalue weighted by molar-refractivity contribution is 5.86. The zero-order valence-electron chi connectivity index (χ0n) is 14.1. The van der Waals surface area contributed by atoms with E-state index in [1.807, 2.05) is 6.92 Å². The Kier molecular flexibility index (Phi) is 10.0. The number of Topliss-reactive ketones (excluding diaryl/α,β-unsaturated/α-hetero) is 1. The normalized spacial score (nSPS) is 16.8. The number of carbonyl (C=O) groups is 1. The van der Waals surface area contributed by atoms with Crippen LogP contribution in [0.2, 0.25) is 0 Å². The lowest BCUT2D eigenvalue weighted by Crippen LogP contribution is -2.37. The summed E-state index contributed by atoms with van der Waals surface area (Å²) in [6.45, 7) is 8.28. The molecule has 4 unspecified atom stereocenters. The maximum absolute atomic E-state index is 12.4. The number of guanidine groups is 1. The summed E-state index contributed by atoms with van der Waals surface area (Å²) >= 11 is 0. The Labute approximate surface area is 129 Å². The molecule has 0 bridgehead atoms. The molecule has 6 N–H and O–H groups in total. The summed E-state index contributed by atoms with van der Waals surface area (Å²) in [6.07, 6.45) is 5.58. The van der Waals surface area contributed by atoms with E-state index in [1.165, 1.54) is 0 Å². The van der Waals surface area contributed by atoms with E-state index < -0.39 is 0 Å². The van der Waals surface area contributed by atoms with E-state index in [2.05, 4.69) is 25.8 Å². The van der Waals surface area contributed by atoms with Gasteiger partial charge in [0.2, 0.25) is 0 Å². The third-order valence-electron chi connectivity index (χ3n) is 3.94. The largest absolute Gasteiger partial charge is 0.370 e. The maximum Gasteiger partial charge on any atom is 0.186 e. The van der Waals surface area contributed by atoms with Gasteiger partial charge in [-0.15, -0.1) is 0 Å². The van der Waals surface area contributed by atoms with Gasteiger partial charge >= 0.3 is 0 Å². The molecule has 0 amide bonds. The monoisotopic (exact) mass is 298 g/mol. The number of aliphatic imine (C=N–C) groups is 1. The lowest BCUT2D eigenvalue weighted by Gasteiger charge is -2.22. The van der Waals surface area contributed by atoms with Crippen LogP contribution in [0.15, 0.2) is 4.99 Å². The number of unbranched alkanes of at least 4 members (excludes halogenated alkanes) is 1. The van der Waals surface area contributed by atoms with E-state index in [4.69, 9.17) is 17.2 Å².